The smallest absolute Gasteiger partial charge is 0.267 e. The van der Waals surface area contributed by atoms with E-state index in [2.05, 4.69) is 15.2 Å². The Morgan fingerprint density at radius 3 is 2.43 bits per heavy atom. The van der Waals surface area contributed by atoms with Crippen LogP contribution in [0.4, 0.5) is 0 Å². The lowest BCUT2D eigenvalue weighted by atomic mass is 10.1. The number of halogens is 1. The predicted octanol–water partition coefficient (Wildman–Crippen LogP) is 3.67. The third-order valence-electron chi connectivity index (χ3n) is 4.11. The SMILES string of the molecule is COc1ccc(-c2ccc(=O)n(Cc3nc(-c4ccc(Cl)cc4)no3)n2)cc1. The van der Waals surface area contributed by atoms with Crippen LogP contribution in [-0.2, 0) is 6.54 Å². The summed E-state index contributed by atoms with van der Waals surface area (Å²) in [6, 6.07) is 17.6. The quantitative estimate of drug-likeness (QED) is 0.513. The summed E-state index contributed by atoms with van der Waals surface area (Å²) in [5.74, 6) is 1.45. The number of methoxy groups -OCH3 is 1. The molecule has 0 aliphatic carbocycles. The van der Waals surface area contributed by atoms with Crippen molar-refractivity contribution in [3.05, 3.63) is 81.9 Å². The zero-order valence-electron chi connectivity index (χ0n) is 14.9. The zero-order valence-corrected chi connectivity index (χ0v) is 15.6. The van der Waals surface area contributed by atoms with Gasteiger partial charge in [0.1, 0.15) is 12.3 Å². The van der Waals surface area contributed by atoms with Gasteiger partial charge in [0, 0.05) is 22.2 Å². The van der Waals surface area contributed by atoms with Crippen molar-refractivity contribution in [3.8, 4) is 28.4 Å². The minimum atomic E-state index is -0.261. The van der Waals surface area contributed by atoms with Crippen LogP contribution in [0.3, 0.4) is 0 Å². The Hall–Kier alpha value is -3.45. The summed E-state index contributed by atoms with van der Waals surface area (Å²) in [6.07, 6.45) is 0. The van der Waals surface area contributed by atoms with Gasteiger partial charge >= 0.3 is 0 Å². The van der Waals surface area contributed by atoms with Gasteiger partial charge in [-0.15, -0.1) is 0 Å². The number of rotatable bonds is 5. The first-order chi connectivity index (χ1) is 13.6. The Bertz CT molecular complexity index is 1150. The Kier molecular flexibility index (Phi) is 4.90. The highest BCUT2D eigenvalue weighted by molar-refractivity contribution is 6.30. The Balaban J connectivity index is 1.59. The highest BCUT2D eigenvalue weighted by Gasteiger charge is 2.11. The molecule has 8 heteroatoms. The van der Waals surface area contributed by atoms with Gasteiger partial charge in [-0.05, 0) is 54.6 Å². The topological polar surface area (TPSA) is 83.0 Å². The van der Waals surface area contributed by atoms with Crippen LogP contribution in [0.5, 0.6) is 5.75 Å². The van der Waals surface area contributed by atoms with Crippen LogP contribution in [0.25, 0.3) is 22.6 Å². The number of hydrogen-bond acceptors (Lipinski definition) is 6. The van der Waals surface area contributed by atoms with Crippen molar-refractivity contribution in [2.45, 2.75) is 6.54 Å². The standard InChI is InChI=1S/C20H15ClN4O3/c1-27-16-8-4-13(5-9-16)17-10-11-19(26)25(23-17)12-18-22-20(24-28-18)14-2-6-15(21)7-3-14/h2-11H,12H2,1H3. The zero-order chi connectivity index (χ0) is 19.5. The van der Waals surface area contributed by atoms with Crippen molar-refractivity contribution in [2.24, 2.45) is 0 Å². The van der Waals surface area contributed by atoms with Crippen molar-refractivity contribution in [1.29, 1.82) is 0 Å². The molecule has 0 N–H and O–H groups in total. The molecule has 0 unspecified atom stereocenters. The van der Waals surface area contributed by atoms with E-state index in [9.17, 15) is 4.79 Å². The fourth-order valence-corrected chi connectivity index (χ4v) is 2.77. The van der Waals surface area contributed by atoms with Gasteiger partial charge < -0.3 is 9.26 Å². The molecule has 4 aromatic rings. The van der Waals surface area contributed by atoms with Crippen molar-refractivity contribution < 1.29 is 9.26 Å². The summed E-state index contributed by atoms with van der Waals surface area (Å²) in [5, 5.41) is 8.98. The molecule has 0 amide bonds. The van der Waals surface area contributed by atoms with Crippen LogP contribution in [0, 0.1) is 0 Å². The fourth-order valence-electron chi connectivity index (χ4n) is 2.64. The van der Waals surface area contributed by atoms with Gasteiger partial charge in [-0.3, -0.25) is 4.79 Å². The molecule has 0 saturated heterocycles. The number of nitrogens with zero attached hydrogens (tertiary/aromatic N) is 4. The van der Waals surface area contributed by atoms with Gasteiger partial charge in [-0.1, -0.05) is 16.8 Å². The Morgan fingerprint density at radius 2 is 1.71 bits per heavy atom. The molecule has 0 fully saturated rings. The second kappa shape index (κ2) is 7.66. The lowest BCUT2D eigenvalue weighted by Crippen LogP contribution is -2.23. The molecule has 4 rings (SSSR count). The van der Waals surface area contributed by atoms with Gasteiger partial charge in [0.15, 0.2) is 0 Å². The summed E-state index contributed by atoms with van der Waals surface area (Å²) in [5.41, 5.74) is 2.02. The van der Waals surface area contributed by atoms with Crippen LogP contribution in [0.2, 0.25) is 5.02 Å². The highest BCUT2D eigenvalue weighted by Crippen LogP contribution is 2.20. The molecule has 2 aromatic carbocycles. The maximum absolute atomic E-state index is 12.2. The minimum absolute atomic E-state index is 0.0728. The first kappa shape index (κ1) is 17.9. The van der Waals surface area contributed by atoms with Crippen molar-refractivity contribution in [3.63, 3.8) is 0 Å². The number of ether oxygens (including phenoxy) is 1. The third kappa shape index (κ3) is 3.79. The largest absolute Gasteiger partial charge is 0.497 e. The second-order valence-electron chi connectivity index (χ2n) is 5.96. The van der Waals surface area contributed by atoms with E-state index in [4.69, 9.17) is 20.9 Å². The molecular formula is C20H15ClN4O3. The molecule has 0 aliphatic rings. The normalized spacial score (nSPS) is 10.8. The summed E-state index contributed by atoms with van der Waals surface area (Å²) in [6.45, 7) is 0.0728. The molecule has 0 aliphatic heterocycles. The lowest BCUT2D eigenvalue weighted by Gasteiger charge is -2.06. The van der Waals surface area contributed by atoms with Crippen LogP contribution >= 0.6 is 11.6 Å². The van der Waals surface area contributed by atoms with Crippen molar-refractivity contribution >= 4 is 11.6 Å². The Morgan fingerprint density at radius 1 is 1.00 bits per heavy atom. The van der Waals surface area contributed by atoms with E-state index in [0.29, 0.717) is 16.5 Å². The van der Waals surface area contributed by atoms with Gasteiger partial charge in [-0.2, -0.15) is 10.1 Å². The molecule has 2 aromatic heterocycles. The van der Waals surface area contributed by atoms with Gasteiger partial charge in [0.2, 0.25) is 11.7 Å². The monoisotopic (exact) mass is 394 g/mol. The average Bonchev–Trinajstić information content (AvgIpc) is 3.19. The average molecular weight is 395 g/mol. The van der Waals surface area contributed by atoms with Crippen LogP contribution in [0.15, 0.2) is 70.0 Å². The summed E-state index contributed by atoms with van der Waals surface area (Å²) >= 11 is 5.89. The first-order valence-corrected chi connectivity index (χ1v) is 8.81. The van der Waals surface area contributed by atoms with Crippen molar-refractivity contribution in [1.82, 2.24) is 19.9 Å². The van der Waals surface area contributed by atoms with Crippen molar-refractivity contribution in [2.75, 3.05) is 7.11 Å². The lowest BCUT2D eigenvalue weighted by molar-refractivity contribution is 0.363. The summed E-state index contributed by atoms with van der Waals surface area (Å²) in [7, 11) is 1.61. The van der Waals surface area contributed by atoms with Gasteiger partial charge in [-0.25, -0.2) is 4.68 Å². The molecule has 140 valence electrons. The van der Waals surface area contributed by atoms with Crippen LogP contribution < -0.4 is 10.3 Å². The van der Waals surface area contributed by atoms with Crippen LogP contribution in [0.1, 0.15) is 5.89 Å². The van der Waals surface area contributed by atoms with Gasteiger partial charge in [0.05, 0.1) is 12.8 Å². The van der Waals surface area contributed by atoms with E-state index < -0.39 is 0 Å². The van der Waals surface area contributed by atoms with Gasteiger partial charge in [0.25, 0.3) is 5.56 Å². The van der Waals surface area contributed by atoms with E-state index in [1.165, 1.54) is 10.7 Å². The maximum Gasteiger partial charge on any atom is 0.267 e. The third-order valence-corrected chi connectivity index (χ3v) is 4.36. The summed E-state index contributed by atoms with van der Waals surface area (Å²) in [4.78, 5) is 16.5. The molecular weight excluding hydrogens is 380 g/mol. The number of benzene rings is 2. The van der Waals surface area contributed by atoms with E-state index in [1.54, 1.807) is 37.4 Å². The highest BCUT2D eigenvalue weighted by atomic mass is 35.5. The number of aromatic nitrogens is 4. The molecule has 7 nitrogen and oxygen atoms in total. The minimum Gasteiger partial charge on any atom is -0.497 e. The molecule has 0 spiro atoms. The molecule has 0 radical (unpaired) electrons. The first-order valence-electron chi connectivity index (χ1n) is 8.43. The fraction of sp³-hybridized carbons (Fsp3) is 0.100. The van der Waals surface area contributed by atoms with E-state index >= 15 is 0 Å². The molecule has 0 saturated carbocycles. The van der Waals surface area contributed by atoms with E-state index in [0.717, 1.165) is 16.9 Å². The second-order valence-corrected chi connectivity index (χ2v) is 6.40. The Labute approximate surface area is 165 Å². The maximum atomic E-state index is 12.2. The molecule has 0 atom stereocenters. The van der Waals surface area contributed by atoms with E-state index in [1.807, 2.05) is 24.3 Å². The summed E-state index contributed by atoms with van der Waals surface area (Å²) < 4.78 is 11.7. The number of hydrogen-bond donors (Lipinski definition) is 0. The predicted molar refractivity (Wildman–Crippen MR) is 104 cm³/mol. The molecule has 28 heavy (non-hydrogen) atoms. The molecule has 2 heterocycles. The molecule has 0 bridgehead atoms. The van der Waals surface area contributed by atoms with E-state index in [-0.39, 0.29) is 18.0 Å². The van der Waals surface area contributed by atoms with Crippen LogP contribution in [-0.4, -0.2) is 27.0 Å².